The Balaban J connectivity index is 1.87. The van der Waals surface area contributed by atoms with Gasteiger partial charge < -0.3 is 14.8 Å². The Bertz CT molecular complexity index is 933. The summed E-state index contributed by atoms with van der Waals surface area (Å²) in [5.41, 5.74) is 0.321. The summed E-state index contributed by atoms with van der Waals surface area (Å²) in [4.78, 5) is 9.87. The molecule has 0 atom stereocenters. The number of aromatic nitrogens is 3. The fourth-order valence-electron chi connectivity index (χ4n) is 2.53. The van der Waals surface area contributed by atoms with E-state index in [1.807, 2.05) is 25.1 Å². The molecule has 0 aliphatic carbocycles. The van der Waals surface area contributed by atoms with Crippen LogP contribution >= 0.6 is 0 Å². The summed E-state index contributed by atoms with van der Waals surface area (Å²) in [7, 11) is 3.83. The zero-order valence-electron chi connectivity index (χ0n) is 14.6. The van der Waals surface area contributed by atoms with Gasteiger partial charge in [0.25, 0.3) is 0 Å². The van der Waals surface area contributed by atoms with Crippen molar-refractivity contribution in [3.8, 4) is 5.82 Å². The van der Waals surface area contributed by atoms with E-state index >= 15 is 0 Å². The van der Waals surface area contributed by atoms with Crippen molar-refractivity contribution in [2.75, 3.05) is 19.4 Å². The van der Waals surface area contributed by atoms with Gasteiger partial charge in [0.15, 0.2) is 11.6 Å². The van der Waals surface area contributed by atoms with E-state index in [-0.39, 0.29) is 17.5 Å². The van der Waals surface area contributed by atoms with Crippen LogP contribution in [0.4, 0.5) is 29.2 Å². The topological polar surface area (TPSA) is 46.0 Å². The highest BCUT2D eigenvalue weighted by atomic mass is 19.4. The molecule has 3 rings (SSSR count). The number of hydrogen-bond donors (Lipinski definition) is 1. The van der Waals surface area contributed by atoms with Crippen LogP contribution in [0.25, 0.3) is 5.82 Å². The molecule has 0 aliphatic heterocycles. The van der Waals surface area contributed by atoms with Crippen LogP contribution in [0.3, 0.4) is 0 Å². The summed E-state index contributed by atoms with van der Waals surface area (Å²) in [5.74, 6) is -0.644. The first-order valence-corrected chi connectivity index (χ1v) is 8.01. The Morgan fingerprint density at radius 3 is 2.67 bits per heavy atom. The fourth-order valence-corrected chi connectivity index (χ4v) is 2.53. The van der Waals surface area contributed by atoms with E-state index < -0.39 is 17.6 Å². The highest BCUT2D eigenvalue weighted by Crippen LogP contribution is 2.31. The summed E-state index contributed by atoms with van der Waals surface area (Å²) in [6.07, 6.45) is -0.0812. The summed E-state index contributed by atoms with van der Waals surface area (Å²) < 4.78 is 54.1. The zero-order chi connectivity index (χ0) is 19.6. The number of nitrogens with one attached hydrogen (secondary N) is 1. The molecule has 0 fully saturated rings. The number of benzene rings is 1. The van der Waals surface area contributed by atoms with E-state index in [2.05, 4.69) is 15.3 Å². The van der Waals surface area contributed by atoms with Crippen LogP contribution in [-0.2, 0) is 12.7 Å². The number of anilines is 2. The maximum absolute atomic E-state index is 14.2. The third-order valence-corrected chi connectivity index (χ3v) is 3.67. The first-order valence-electron chi connectivity index (χ1n) is 8.01. The molecule has 27 heavy (non-hydrogen) atoms. The Morgan fingerprint density at radius 1 is 1.19 bits per heavy atom. The maximum Gasteiger partial charge on any atom is 0.416 e. The monoisotopic (exact) mass is 379 g/mol. The first-order chi connectivity index (χ1) is 12.7. The minimum atomic E-state index is -4.46. The predicted molar refractivity (Wildman–Crippen MR) is 93.4 cm³/mol. The van der Waals surface area contributed by atoms with Crippen molar-refractivity contribution in [2.24, 2.45) is 0 Å². The van der Waals surface area contributed by atoms with Crippen molar-refractivity contribution in [3.63, 3.8) is 0 Å². The van der Waals surface area contributed by atoms with E-state index in [0.717, 1.165) is 23.9 Å². The van der Waals surface area contributed by atoms with Crippen molar-refractivity contribution < 1.29 is 17.6 Å². The van der Waals surface area contributed by atoms with Gasteiger partial charge in [0.05, 0.1) is 11.8 Å². The molecule has 142 valence electrons. The Labute approximate surface area is 153 Å². The minimum absolute atomic E-state index is 0.00415. The van der Waals surface area contributed by atoms with Gasteiger partial charge in [0, 0.05) is 24.6 Å². The van der Waals surface area contributed by atoms with Gasteiger partial charge >= 0.3 is 6.18 Å². The average molecular weight is 379 g/mol. The van der Waals surface area contributed by atoms with Crippen molar-refractivity contribution in [3.05, 3.63) is 65.9 Å². The van der Waals surface area contributed by atoms with Gasteiger partial charge in [-0.25, -0.2) is 9.37 Å². The van der Waals surface area contributed by atoms with Crippen LogP contribution in [0, 0.1) is 5.82 Å². The van der Waals surface area contributed by atoms with Crippen molar-refractivity contribution in [1.29, 1.82) is 0 Å². The number of nitrogens with zero attached hydrogens (tertiary/aromatic N) is 4. The van der Waals surface area contributed by atoms with Crippen LogP contribution in [0.1, 0.15) is 11.1 Å². The molecule has 0 unspecified atom stereocenters. The third kappa shape index (κ3) is 4.62. The van der Waals surface area contributed by atoms with Gasteiger partial charge in [0.1, 0.15) is 0 Å². The van der Waals surface area contributed by atoms with Crippen LogP contribution < -0.4 is 5.32 Å². The lowest BCUT2D eigenvalue weighted by Crippen LogP contribution is -2.10. The SMILES string of the molecule is CN(C)Cc1ccn(-c2nc(Nc3cccc(C(F)(F)F)c3)ncc2F)c1. The number of hydrogen-bond acceptors (Lipinski definition) is 4. The number of rotatable bonds is 5. The van der Waals surface area contributed by atoms with Crippen molar-refractivity contribution in [2.45, 2.75) is 12.7 Å². The molecule has 2 aromatic heterocycles. The Hall–Kier alpha value is -2.94. The molecule has 0 spiro atoms. The van der Waals surface area contributed by atoms with E-state index in [1.54, 1.807) is 12.4 Å². The third-order valence-electron chi connectivity index (χ3n) is 3.67. The van der Waals surface area contributed by atoms with E-state index in [4.69, 9.17) is 0 Å². The average Bonchev–Trinajstić information content (AvgIpc) is 3.03. The van der Waals surface area contributed by atoms with Crippen molar-refractivity contribution >= 4 is 11.6 Å². The summed E-state index contributed by atoms with van der Waals surface area (Å²) in [6.45, 7) is 0.676. The lowest BCUT2D eigenvalue weighted by molar-refractivity contribution is -0.137. The quantitative estimate of drug-likeness (QED) is 0.674. The van der Waals surface area contributed by atoms with Crippen LogP contribution in [0.15, 0.2) is 48.9 Å². The first kappa shape index (κ1) is 18.8. The summed E-state index contributed by atoms with van der Waals surface area (Å²) >= 11 is 0. The predicted octanol–water partition coefficient (Wildman–Crippen LogP) is 4.23. The second-order valence-electron chi connectivity index (χ2n) is 6.23. The molecule has 0 bridgehead atoms. The highest BCUT2D eigenvalue weighted by Gasteiger charge is 2.30. The van der Waals surface area contributed by atoms with E-state index in [1.165, 1.54) is 16.7 Å². The van der Waals surface area contributed by atoms with Gasteiger partial charge in [-0.2, -0.15) is 18.2 Å². The normalized spacial score (nSPS) is 11.8. The van der Waals surface area contributed by atoms with Crippen molar-refractivity contribution in [1.82, 2.24) is 19.4 Å². The Kier molecular flexibility index (Phi) is 5.13. The van der Waals surface area contributed by atoms with E-state index in [0.29, 0.717) is 6.54 Å². The van der Waals surface area contributed by atoms with E-state index in [9.17, 15) is 17.6 Å². The van der Waals surface area contributed by atoms with Crippen LogP contribution in [0.2, 0.25) is 0 Å². The summed E-state index contributed by atoms with van der Waals surface area (Å²) in [5, 5.41) is 2.68. The molecule has 3 aromatic rings. The van der Waals surface area contributed by atoms with Gasteiger partial charge in [-0.05, 0) is 43.9 Å². The smallest absolute Gasteiger partial charge is 0.324 e. The van der Waals surface area contributed by atoms with Crippen LogP contribution in [0.5, 0.6) is 0 Å². The molecular formula is C18H17F4N5. The minimum Gasteiger partial charge on any atom is -0.324 e. The second kappa shape index (κ2) is 7.36. The molecule has 0 saturated carbocycles. The van der Waals surface area contributed by atoms with Gasteiger partial charge in [-0.15, -0.1) is 0 Å². The van der Waals surface area contributed by atoms with Gasteiger partial charge in [-0.3, -0.25) is 0 Å². The molecule has 9 heteroatoms. The molecule has 0 aliphatic rings. The molecule has 1 aromatic carbocycles. The second-order valence-corrected chi connectivity index (χ2v) is 6.23. The van der Waals surface area contributed by atoms with Crippen LogP contribution in [-0.4, -0.2) is 33.5 Å². The number of halogens is 4. The fraction of sp³-hybridized carbons (Fsp3) is 0.222. The van der Waals surface area contributed by atoms with Gasteiger partial charge in [0.2, 0.25) is 5.95 Å². The zero-order valence-corrected chi connectivity index (χ0v) is 14.6. The standard InChI is InChI=1S/C18H17F4N5/c1-26(2)10-12-6-7-27(11-12)16-15(19)9-23-17(25-16)24-14-5-3-4-13(8-14)18(20,21)22/h3-9,11H,10H2,1-2H3,(H,23,24,25). The molecule has 0 amide bonds. The lowest BCUT2D eigenvalue weighted by Gasteiger charge is -2.11. The van der Waals surface area contributed by atoms with Gasteiger partial charge in [-0.1, -0.05) is 6.07 Å². The molecule has 0 saturated heterocycles. The number of alkyl halides is 3. The molecule has 1 N–H and O–H groups in total. The lowest BCUT2D eigenvalue weighted by atomic mass is 10.2. The summed E-state index contributed by atoms with van der Waals surface area (Å²) in [6, 6.07) is 6.47. The molecular weight excluding hydrogens is 362 g/mol. The Morgan fingerprint density at radius 2 is 1.96 bits per heavy atom. The largest absolute Gasteiger partial charge is 0.416 e. The molecule has 0 radical (unpaired) electrons. The molecule has 2 heterocycles. The molecule has 5 nitrogen and oxygen atoms in total. The highest BCUT2D eigenvalue weighted by molar-refractivity contribution is 5.55. The maximum atomic E-state index is 14.2.